The molecule has 0 aromatic heterocycles. The molecule has 0 amide bonds. The maximum atomic E-state index is 10.7. The molecule has 0 spiro atoms. The van der Waals surface area contributed by atoms with Gasteiger partial charge in [0.2, 0.25) is 0 Å². The monoisotopic (exact) mass is 244 g/mol. The number of benzene rings is 1. The lowest BCUT2D eigenvalue weighted by atomic mass is 9.82. The minimum absolute atomic E-state index is 0.0335. The Morgan fingerprint density at radius 2 is 2.00 bits per heavy atom. The van der Waals surface area contributed by atoms with Crippen molar-refractivity contribution in [1.29, 1.82) is 0 Å². The Hall–Kier alpha value is -0.830. The fourth-order valence-electron chi connectivity index (χ4n) is 1.32. The number of hydrogen-bond acceptors (Lipinski definition) is 2. The Morgan fingerprint density at radius 3 is 2.50 bits per heavy atom. The molecule has 16 heavy (non-hydrogen) atoms. The van der Waals surface area contributed by atoms with Crippen LogP contribution in [0.4, 0.5) is 0 Å². The Morgan fingerprint density at radius 1 is 1.38 bits per heavy atom. The van der Waals surface area contributed by atoms with E-state index in [0.29, 0.717) is 0 Å². The van der Waals surface area contributed by atoms with Gasteiger partial charge in [-0.3, -0.25) is 9.79 Å². The van der Waals surface area contributed by atoms with Gasteiger partial charge in [0.05, 0.1) is 0 Å². The van der Waals surface area contributed by atoms with Gasteiger partial charge in [-0.05, 0) is 29.5 Å². The highest BCUT2D eigenvalue weighted by Crippen LogP contribution is 2.39. The molecule has 0 bridgehead atoms. The summed E-state index contributed by atoms with van der Waals surface area (Å²) in [4.78, 5) is 17.4. The van der Waals surface area contributed by atoms with Crippen LogP contribution in [-0.2, 0) is 9.98 Å². The van der Waals surface area contributed by atoms with Gasteiger partial charge in [0, 0.05) is 0 Å². The van der Waals surface area contributed by atoms with E-state index in [1.54, 1.807) is 12.1 Å². The van der Waals surface area contributed by atoms with Crippen molar-refractivity contribution in [3.63, 3.8) is 0 Å². The van der Waals surface area contributed by atoms with Crippen LogP contribution in [0.5, 0.6) is 5.75 Å². The molecule has 0 saturated carbocycles. The third kappa shape index (κ3) is 3.63. The van der Waals surface area contributed by atoms with E-state index < -0.39 is 7.82 Å². The third-order valence-electron chi connectivity index (χ3n) is 2.72. The van der Waals surface area contributed by atoms with Crippen LogP contribution in [0, 0.1) is 0 Å². The van der Waals surface area contributed by atoms with E-state index in [9.17, 15) is 4.57 Å². The average Bonchev–Trinajstić information content (AvgIpc) is 2.15. The van der Waals surface area contributed by atoms with Crippen molar-refractivity contribution >= 4 is 7.82 Å². The van der Waals surface area contributed by atoms with Crippen LogP contribution in [0.2, 0.25) is 0 Å². The summed E-state index contributed by atoms with van der Waals surface area (Å²) < 4.78 is 15.3. The smallest absolute Gasteiger partial charge is 0.404 e. The Kier molecular flexibility index (Phi) is 3.79. The highest BCUT2D eigenvalue weighted by molar-refractivity contribution is 7.46. The number of phosphoric ester groups is 1. The molecule has 2 N–H and O–H groups in total. The number of phosphoric acid groups is 1. The molecule has 4 nitrogen and oxygen atoms in total. The van der Waals surface area contributed by atoms with Gasteiger partial charge in [-0.25, -0.2) is 4.57 Å². The molecule has 0 heterocycles. The highest BCUT2D eigenvalue weighted by atomic mass is 31.2. The molecule has 0 aliphatic carbocycles. The fourth-order valence-corrected chi connectivity index (χ4v) is 1.70. The maximum absolute atomic E-state index is 10.7. The van der Waals surface area contributed by atoms with E-state index >= 15 is 0 Å². The normalized spacial score (nSPS) is 12.6. The second kappa shape index (κ2) is 4.58. The van der Waals surface area contributed by atoms with E-state index in [4.69, 9.17) is 9.79 Å². The largest absolute Gasteiger partial charge is 0.524 e. The lowest BCUT2D eigenvalue weighted by Gasteiger charge is -2.23. The summed E-state index contributed by atoms with van der Waals surface area (Å²) in [5, 5.41) is 0. The van der Waals surface area contributed by atoms with Gasteiger partial charge in [0.15, 0.2) is 0 Å². The van der Waals surface area contributed by atoms with Gasteiger partial charge in [-0.15, -0.1) is 0 Å². The minimum atomic E-state index is -4.47. The quantitative estimate of drug-likeness (QED) is 0.799. The third-order valence-corrected chi connectivity index (χ3v) is 3.17. The molecule has 0 unspecified atom stereocenters. The van der Waals surface area contributed by atoms with Gasteiger partial charge in [0.1, 0.15) is 5.75 Å². The molecule has 0 atom stereocenters. The first-order chi connectivity index (χ1) is 7.24. The van der Waals surface area contributed by atoms with Crippen molar-refractivity contribution in [1.82, 2.24) is 0 Å². The summed E-state index contributed by atoms with van der Waals surface area (Å²) >= 11 is 0. The van der Waals surface area contributed by atoms with Gasteiger partial charge < -0.3 is 4.52 Å². The molecule has 5 heteroatoms. The van der Waals surface area contributed by atoms with E-state index in [2.05, 4.69) is 25.3 Å². The predicted octanol–water partition coefficient (Wildman–Crippen LogP) is 2.85. The zero-order valence-corrected chi connectivity index (χ0v) is 10.6. The van der Waals surface area contributed by atoms with Crippen LogP contribution in [0.15, 0.2) is 24.3 Å². The van der Waals surface area contributed by atoms with E-state index in [-0.39, 0.29) is 11.2 Å². The summed E-state index contributed by atoms with van der Waals surface area (Å²) in [5.74, 6) is 0.201. The molecule has 1 rings (SSSR count). The van der Waals surface area contributed by atoms with E-state index in [0.717, 1.165) is 12.0 Å². The summed E-state index contributed by atoms with van der Waals surface area (Å²) in [6, 6.07) is 6.87. The Labute approximate surface area is 95.5 Å². The van der Waals surface area contributed by atoms with Crippen molar-refractivity contribution in [3.8, 4) is 5.75 Å². The van der Waals surface area contributed by atoms with Crippen LogP contribution in [0.3, 0.4) is 0 Å². The van der Waals surface area contributed by atoms with E-state index in [1.165, 1.54) is 6.07 Å². The molecular formula is C11H17O4P. The molecule has 0 saturated heterocycles. The van der Waals surface area contributed by atoms with Crippen molar-refractivity contribution in [2.24, 2.45) is 0 Å². The first-order valence-corrected chi connectivity index (χ1v) is 6.63. The standard InChI is InChI=1S/C11H17O4P/c1-4-11(2,3)9-6-5-7-10(8-9)15-16(12,13)14/h5-8H,4H2,1-3H3,(H2,12,13,14). The van der Waals surface area contributed by atoms with Gasteiger partial charge >= 0.3 is 7.82 Å². The highest BCUT2D eigenvalue weighted by Gasteiger charge is 2.20. The maximum Gasteiger partial charge on any atom is 0.524 e. The minimum Gasteiger partial charge on any atom is -0.404 e. The lowest BCUT2D eigenvalue weighted by molar-refractivity contribution is 0.283. The lowest BCUT2D eigenvalue weighted by Crippen LogP contribution is -2.15. The Balaban J connectivity index is 3.00. The summed E-state index contributed by atoms with van der Waals surface area (Å²) in [7, 11) is -4.47. The summed E-state index contributed by atoms with van der Waals surface area (Å²) in [6.45, 7) is 6.21. The van der Waals surface area contributed by atoms with Crippen LogP contribution in [0.25, 0.3) is 0 Å². The predicted molar refractivity (Wildman–Crippen MR) is 62.4 cm³/mol. The molecule has 90 valence electrons. The van der Waals surface area contributed by atoms with Crippen molar-refractivity contribution in [3.05, 3.63) is 29.8 Å². The van der Waals surface area contributed by atoms with Gasteiger partial charge in [0.25, 0.3) is 0 Å². The first-order valence-electron chi connectivity index (χ1n) is 5.10. The topological polar surface area (TPSA) is 66.8 Å². The molecule has 1 aromatic rings. The van der Waals surface area contributed by atoms with Crippen molar-refractivity contribution in [2.45, 2.75) is 32.6 Å². The van der Waals surface area contributed by atoms with E-state index in [1.807, 2.05) is 6.07 Å². The molecule has 0 aliphatic heterocycles. The Bertz CT molecular complexity index is 408. The molecule has 0 radical (unpaired) electrons. The molecular weight excluding hydrogens is 227 g/mol. The first kappa shape index (κ1) is 13.2. The second-order valence-electron chi connectivity index (χ2n) is 4.35. The van der Waals surface area contributed by atoms with Crippen molar-refractivity contribution < 1.29 is 18.9 Å². The zero-order valence-electron chi connectivity index (χ0n) is 9.67. The van der Waals surface area contributed by atoms with Crippen LogP contribution < -0.4 is 4.52 Å². The average molecular weight is 244 g/mol. The zero-order chi connectivity index (χ0) is 12.4. The van der Waals surface area contributed by atoms with Crippen LogP contribution in [-0.4, -0.2) is 9.79 Å². The summed E-state index contributed by atoms with van der Waals surface area (Å²) in [6.07, 6.45) is 0.937. The SMILES string of the molecule is CCC(C)(C)c1cccc(OP(=O)(O)O)c1. The van der Waals surface area contributed by atoms with Gasteiger partial charge in [-0.2, -0.15) is 0 Å². The number of hydrogen-bond donors (Lipinski definition) is 2. The number of rotatable bonds is 4. The summed E-state index contributed by atoms with van der Waals surface area (Å²) in [5.41, 5.74) is 0.967. The molecule has 0 fully saturated rings. The van der Waals surface area contributed by atoms with Crippen LogP contribution >= 0.6 is 7.82 Å². The fraction of sp³-hybridized carbons (Fsp3) is 0.455. The molecule has 1 aromatic carbocycles. The van der Waals surface area contributed by atoms with Gasteiger partial charge in [-0.1, -0.05) is 32.9 Å². The van der Waals surface area contributed by atoms with Crippen LogP contribution in [0.1, 0.15) is 32.8 Å². The molecule has 0 aliphatic rings. The van der Waals surface area contributed by atoms with Crippen molar-refractivity contribution in [2.75, 3.05) is 0 Å². The second-order valence-corrected chi connectivity index (χ2v) is 5.51.